The molecule has 0 bridgehead atoms. The number of nitrogens with zero attached hydrogens (tertiary/aromatic N) is 2. The molecular formula is C20H23BrN4O3S2. The van der Waals surface area contributed by atoms with Gasteiger partial charge in [-0.2, -0.15) is 0 Å². The molecule has 4 heterocycles. The number of amides is 2. The van der Waals surface area contributed by atoms with Crippen LogP contribution >= 0.6 is 38.6 Å². The van der Waals surface area contributed by atoms with E-state index in [1.54, 1.807) is 22.7 Å². The summed E-state index contributed by atoms with van der Waals surface area (Å²) in [4.78, 5) is 34.9. The third kappa shape index (κ3) is 3.88. The fraction of sp³-hybridized carbons (Fsp3) is 0.450. The van der Waals surface area contributed by atoms with Gasteiger partial charge in [-0.25, -0.2) is 9.78 Å². The van der Waals surface area contributed by atoms with Crippen LogP contribution in [0.2, 0.25) is 0 Å². The number of carbonyl (C=O) groups excluding carboxylic acids is 2. The minimum Gasteiger partial charge on any atom is -0.453 e. The maximum Gasteiger partial charge on any atom is 0.407 e. The first kappa shape index (κ1) is 21.3. The van der Waals surface area contributed by atoms with Crippen LogP contribution in [0.15, 0.2) is 21.4 Å². The van der Waals surface area contributed by atoms with Crippen molar-refractivity contribution < 1.29 is 14.3 Å². The molecule has 0 aliphatic carbocycles. The number of carbonyl (C=O) groups is 2. The smallest absolute Gasteiger partial charge is 0.407 e. The highest BCUT2D eigenvalue weighted by molar-refractivity contribution is 9.10. The van der Waals surface area contributed by atoms with Gasteiger partial charge in [-0.1, -0.05) is 13.8 Å². The van der Waals surface area contributed by atoms with E-state index in [1.165, 1.54) is 16.5 Å². The van der Waals surface area contributed by atoms with Gasteiger partial charge in [0.15, 0.2) is 0 Å². The molecule has 2 amide bonds. The number of fused-ring (bicyclic) bond motifs is 1. The molecule has 10 heteroatoms. The Morgan fingerprint density at radius 1 is 1.33 bits per heavy atom. The Hall–Kier alpha value is -1.91. The third-order valence-corrected chi connectivity index (χ3v) is 8.71. The molecule has 0 aromatic carbocycles. The van der Waals surface area contributed by atoms with Gasteiger partial charge >= 0.3 is 6.09 Å². The molecule has 1 fully saturated rings. The lowest BCUT2D eigenvalue weighted by Crippen LogP contribution is -2.51. The molecule has 0 saturated carbocycles. The summed E-state index contributed by atoms with van der Waals surface area (Å²) in [6.07, 6.45) is 3.06. The number of alkyl carbamates (subject to hydrolysis) is 1. The molecule has 3 aromatic rings. The number of H-pyrrole nitrogens is 1. The number of halogens is 1. The quantitative estimate of drug-likeness (QED) is 0.496. The van der Waals surface area contributed by atoms with Crippen molar-refractivity contribution in [2.24, 2.45) is 5.92 Å². The second-order valence-corrected chi connectivity index (χ2v) is 10.2. The highest BCUT2D eigenvalue weighted by Crippen LogP contribution is 2.42. The van der Waals surface area contributed by atoms with Gasteiger partial charge in [-0.3, -0.25) is 4.79 Å². The first-order chi connectivity index (χ1) is 14.4. The molecule has 1 aliphatic rings. The summed E-state index contributed by atoms with van der Waals surface area (Å²) in [5.41, 5.74) is 1.99. The summed E-state index contributed by atoms with van der Waals surface area (Å²) in [5.74, 6) is 0.628. The number of aromatic nitrogens is 2. The maximum atomic E-state index is 13.2. The molecule has 0 spiro atoms. The number of imidazole rings is 1. The van der Waals surface area contributed by atoms with Gasteiger partial charge in [0.25, 0.3) is 0 Å². The van der Waals surface area contributed by atoms with E-state index in [2.05, 4.69) is 37.0 Å². The van der Waals surface area contributed by atoms with Crippen LogP contribution in [0.25, 0.3) is 20.7 Å². The zero-order valence-corrected chi connectivity index (χ0v) is 20.1. The molecular weight excluding hydrogens is 488 g/mol. The number of hydrogen-bond acceptors (Lipinski definition) is 6. The van der Waals surface area contributed by atoms with Crippen molar-refractivity contribution >= 4 is 60.0 Å². The SMILES string of the molecule is COC(=O)N[C@H](C(=O)N1CCC[C@H]1c1nc(-c2csc3c(Br)csc23)c[nH]1)C(C)C. The molecule has 0 unspecified atom stereocenters. The Labute approximate surface area is 191 Å². The standard InChI is InChI=1S/C20H23BrN4O3S2/c1-10(2)15(24-20(27)28-3)19(26)25-6-4-5-14(25)18-22-7-13(23-18)11-8-29-17-12(21)9-30-16(11)17/h7-10,14-15H,4-6H2,1-3H3,(H,22,23)(H,24,27)/t14-,15-/m0/s1. The average Bonchev–Trinajstić information content (AvgIpc) is 3.49. The second-order valence-electron chi connectivity index (χ2n) is 7.61. The Morgan fingerprint density at radius 2 is 2.10 bits per heavy atom. The summed E-state index contributed by atoms with van der Waals surface area (Å²) >= 11 is 6.99. The summed E-state index contributed by atoms with van der Waals surface area (Å²) in [6, 6.07) is -0.761. The van der Waals surface area contributed by atoms with Crippen molar-refractivity contribution in [3.63, 3.8) is 0 Å². The zero-order valence-electron chi connectivity index (χ0n) is 16.9. The van der Waals surface area contributed by atoms with E-state index in [4.69, 9.17) is 9.72 Å². The van der Waals surface area contributed by atoms with Crippen LogP contribution in [0.1, 0.15) is 38.6 Å². The largest absolute Gasteiger partial charge is 0.453 e. The number of likely N-dealkylation sites (tertiary alicyclic amines) is 1. The van der Waals surface area contributed by atoms with Crippen LogP contribution in [0.5, 0.6) is 0 Å². The van der Waals surface area contributed by atoms with E-state index in [-0.39, 0.29) is 17.9 Å². The van der Waals surface area contributed by atoms with E-state index >= 15 is 0 Å². The molecule has 4 rings (SSSR count). The van der Waals surface area contributed by atoms with Crippen molar-refractivity contribution in [3.8, 4) is 11.3 Å². The topological polar surface area (TPSA) is 87.3 Å². The molecule has 2 atom stereocenters. The fourth-order valence-electron chi connectivity index (χ4n) is 3.81. The Morgan fingerprint density at radius 3 is 2.83 bits per heavy atom. The van der Waals surface area contributed by atoms with Crippen molar-refractivity contribution in [2.45, 2.75) is 38.8 Å². The molecule has 3 aromatic heterocycles. The number of aromatic amines is 1. The highest BCUT2D eigenvalue weighted by atomic mass is 79.9. The average molecular weight is 511 g/mol. The lowest BCUT2D eigenvalue weighted by molar-refractivity contribution is -0.135. The minimum atomic E-state index is -0.632. The van der Waals surface area contributed by atoms with Gasteiger partial charge in [0.1, 0.15) is 11.9 Å². The number of hydrogen-bond donors (Lipinski definition) is 2. The Kier molecular flexibility index (Phi) is 6.17. The number of methoxy groups -OCH3 is 1. The van der Waals surface area contributed by atoms with Crippen LogP contribution in [-0.2, 0) is 9.53 Å². The molecule has 7 nitrogen and oxygen atoms in total. The second kappa shape index (κ2) is 8.68. The van der Waals surface area contributed by atoms with Crippen molar-refractivity contribution in [1.29, 1.82) is 0 Å². The third-order valence-electron chi connectivity index (χ3n) is 5.36. The minimum absolute atomic E-state index is 0.0543. The van der Waals surface area contributed by atoms with E-state index in [0.717, 1.165) is 34.4 Å². The molecule has 1 saturated heterocycles. The Bertz CT molecular complexity index is 1070. The molecule has 160 valence electrons. The lowest BCUT2D eigenvalue weighted by atomic mass is 10.0. The Balaban J connectivity index is 1.58. The van der Waals surface area contributed by atoms with Crippen molar-refractivity contribution in [2.75, 3.05) is 13.7 Å². The fourth-order valence-corrected chi connectivity index (χ4v) is 6.85. The van der Waals surface area contributed by atoms with Crippen LogP contribution in [-0.4, -0.2) is 46.6 Å². The molecule has 2 N–H and O–H groups in total. The highest BCUT2D eigenvalue weighted by Gasteiger charge is 2.37. The first-order valence-electron chi connectivity index (χ1n) is 9.75. The number of thiophene rings is 2. The predicted molar refractivity (Wildman–Crippen MR) is 123 cm³/mol. The predicted octanol–water partition coefficient (Wildman–Crippen LogP) is 5.16. The van der Waals surface area contributed by atoms with Gasteiger partial charge in [0.05, 0.1) is 28.2 Å². The van der Waals surface area contributed by atoms with Crippen LogP contribution < -0.4 is 5.32 Å². The number of nitrogens with one attached hydrogen (secondary N) is 2. The van der Waals surface area contributed by atoms with Gasteiger partial charge in [-0.15, -0.1) is 22.7 Å². The summed E-state index contributed by atoms with van der Waals surface area (Å²) < 4.78 is 8.25. The van der Waals surface area contributed by atoms with Gasteiger partial charge in [0, 0.05) is 33.5 Å². The van der Waals surface area contributed by atoms with Crippen LogP contribution in [0, 0.1) is 5.92 Å². The van der Waals surface area contributed by atoms with Crippen LogP contribution in [0.3, 0.4) is 0 Å². The molecule has 30 heavy (non-hydrogen) atoms. The van der Waals surface area contributed by atoms with Crippen LogP contribution in [0.4, 0.5) is 4.79 Å². The van der Waals surface area contributed by atoms with Gasteiger partial charge in [-0.05, 0) is 34.7 Å². The van der Waals surface area contributed by atoms with E-state index in [0.29, 0.717) is 6.54 Å². The lowest BCUT2D eigenvalue weighted by Gasteiger charge is -2.29. The van der Waals surface area contributed by atoms with Crippen molar-refractivity contribution in [1.82, 2.24) is 20.2 Å². The summed E-state index contributed by atoms with van der Waals surface area (Å²) in [7, 11) is 1.30. The number of ether oxygens (including phenoxy) is 1. The van der Waals surface area contributed by atoms with Gasteiger partial charge in [0.2, 0.25) is 5.91 Å². The number of rotatable bonds is 5. The molecule has 1 aliphatic heterocycles. The van der Waals surface area contributed by atoms with Gasteiger partial charge < -0.3 is 19.9 Å². The summed E-state index contributed by atoms with van der Waals surface area (Å²) in [6.45, 7) is 4.47. The normalized spacial score (nSPS) is 17.6. The van der Waals surface area contributed by atoms with E-state index in [9.17, 15) is 9.59 Å². The molecule has 0 radical (unpaired) electrons. The first-order valence-corrected chi connectivity index (χ1v) is 12.3. The van der Waals surface area contributed by atoms with Crippen molar-refractivity contribution in [3.05, 3.63) is 27.3 Å². The zero-order chi connectivity index (χ0) is 21.4. The monoisotopic (exact) mass is 510 g/mol. The van der Waals surface area contributed by atoms with E-state index < -0.39 is 12.1 Å². The van der Waals surface area contributed by atoms with E-state index in [1.807, 2.05) is 24.9 Å². The maximum absolute atomic E-state index is 13.2. The summed E-state index contributed by atoms with van der Waals surface area (Å²) in [5, 5.41) is 6.90.